The fourth-order valence-corrected chi connectivity index (χ4v) is 2.43. The quantitative estimate of drug-likeness (QED) is 0.656. The Labute approximate surface area is 142 Å². The predicted octanol–water partition coefficient (Wildman–Crippen LogP) is 5.69. The zero-order valence-corrected chi connectivity index (χ0v) is 15.0. The van der Waals surface area contributed by atoms with Crippen molar-refractivity contribution in [1.82, 2.24) is 0 Å². The van der Waals surface area contributed by atoms with Crippen LogP contribution in [0.5, 0.6) is 0 Å². The third-order valence-electron chi connectivity index (χ3n) is 4.70. The lowest BCUT2D eigenvalue weighted by molar-refractivity contribution is 0.00578. The molecular weight excluding hydrogens is 316 g/mol. The Hall–Kier alpha value is -1.27. The van der Waals surface area contributed by atoms with Crippen molar-refractivity contribution in [2.45, 2.75) is 65.1 Å². The molecule has 0 aliphatic carbocycles. The van der Waals surface area contributed by atoms with Gasteiger partial charge in [0.15, 0.2) is 0 Å². The largest absolute Gasteiger partial charge is 0.525 e. The van der Waals surface area contributed by atoms with Crippen molar-refractivity contribution in [1.29, 1.82) is 0 Å². The zero-order chi connectivity index (χ0) is 18.3. The normalized spacial score (nSPS) is 20.3. The van der Waals surface area contributed by atoms with E-state index in [9.17, 15) is 13.2 Å². The summed E-state index contributed by atoms with van der Waals surface area (Å²) in [5.41, 5.74) is -0.943. The van der Waals surface area contributed by atoms with E-state index in [1.165, 1.54) is 18.2 Å². The lowest BCUT2D eigenvalue weighted by atomic mass is 9.86. The Morgan fingerprint density at radius 2 is 1.50 bits per heavy atom. The van der Waals surface area contributed by atoms with E-state index in [0.717, 1.165) is 5.56 Å². The molecule has 1 saturated heterocycles. The summed E-state index contributed by atoms with van der Waals surface area (Å²) >= 11 is 0. The smallest absolute Gasteiger partial charge is 0.398 e. The summed E-state index contributed by atoms with van der Waals surface area (Å²) in [7, 11) is -1.13. The first-order chi connectivity index (χ1) is 10.9. The first-order valence-corrected chi connectivity index (χ1v) is 8.09. The molecule has 132 valence electrons. The van der Waals surface area contributed by atoms with Crippen molar-refractivity contribution in [3.8, 4) is 0 Å². The van der Waals surface area contributed by atoms with Crippen molar-refractivity contribution in [3.05, 3.63) is 40.6 Å². The van der Waals surface area contributed by atoms with Gasteiger partial charge in [-0.3, -0.25) is 0 Å². The number of alkyl halides is 2. The molecule has 1 fully saturated rings. The molecule has 1 aliphatic rings. The molecule has 0 spiro atoms. The summed E-state index contributed by atoms with van der Waals surface area (Å²) in [6, 6.07) is 4.46. The lowest BCUT2D eigenvalue weighted by Crippen LogP contribution is -2.41. The van der Waals surface area contributed by atoms with E-state index in [2.05, 4.69) is 0 Å². The molecule has 0 radical (unpaired) electrons. The van der Waals surface area contributed by atoms with E-state index in [1.807, 2.05) is 41.5 Å². The monoisotopic (exact) mass is 340 g/mol. The van der Waals surface area contributed by atoms with Crippen LogP contribution in [0.2, 0.25) is 0 Å². The van der Waals surface area contributed by atoms with Gasteiger partial charge in [0.2, 0.25) is 0 Å². The van der Waals surface area contributed by atoms with Crippen LogP contribution in [0, 0.1) is 0 Å². The summed E-state index contributed by atoms with van der Waals surface area (Å²) in [5, 5.41) is 0. The van der Waals surface area contributed by atoms with Crippen LogP contribution < -0.4 is 0 Å². The highest BCUT2D eigenvalue weighted by Gasteiger charge is 2.53. The molecule has 1 aromatic rings. The minimum atomic E-state index is -2.60. The second kappa shape index (κ2) is 6.56. The van der Waals surface area contributed by atoms with Gasteiger partial charge in [-0.15, -0.1) is 0 Å². The van der Waals surface area contributed by atoms with Gasteiger partial charge in [-0.05, 0) is 62.9 Å². The fraction of sp³-hybridized carbons (Fsp3) is 0.556. The third kappa shape index (κ3) is 3.86. The van der Waals surface area contributed by atoms with E-state index < -0.39 is 30.5 Å². The third-order valence-corrected chi connectivity index (χ3v) is 4.70. The van der Waals surface area contributed by atoms with E-state index in [-0.39, 0.29) is 11.5 Å². The van der Waals surface area contributed by atoms with Gasteiger partial charge in [0.25, 0.3) is 6.43 Å². The second-order valence-corrected chi connectivity index (χ2v) is 7.51. The van der Waals surface area contributed by atoms with Gasteiger partial charge >= 0.3 is 7.12 Å². The van der Waals surface area contributed by atoms with Crippen molar-refractivity contribution >= 4 is 13.2 Å². The minimum Gasteiger partial charge on any atom is -0.398 e. The van der Waals surface area contributed by atoms with Gasteiger partial charge in [-0.25, -0.2) is 13.2 Å². The summed E-state index contributed by atoms with van der Waals surface area (Å²) in [6.07, 6.45) is -1.39. The van der Waals surface area contributed by atoms with Gasteiger partial charge in [-0.2, -0.15) is 0 Å². The molecule has 1 aromatic carbocycles. The molecule has 0 atom stereocenters. The number of halogens is 3. The van der Waals surface area contributed by atoms with Gasteiger partial charge in [0.1, 0.15) is 5.73 Å². The van der Waals surface area contributed by atoms with Crippen molar-refractivity contribution in [2.24, 2.45) is 0 Å². The maximum atomic E-state index is 14.6. The fourth-order valence-electron chi connectivity index (χ4n) is 2.43. The summed E-state index contributed by atoms with van der Waals surface area (Å²) in [6.45, 7) is 11.1. The van der Waals surface area contributed by atoms with Gasteiger partial charge in [0, 0.05) is 5.56 Å². The molecule has 0 unspecified atom stereocenters. The van der Waals surface area contributed by atoms with E-state index in [1.54, 1.807) is 6.07 Å². The molecule has 0 amide bonds. The summed E-state index contributed by atoms with van der Waals surface area (Å²) < 4.78 is 52.0. The van der Waals surface area contributed by atoms with Crippen LogP contribution >= 0.6 is 0 Å². The second-order valence-electron chi connectivity index (χ2n) is 7.51. The molecule has 2 rings (SSSR count). The number of benzene rings is 1. The lowest BCUT2D eigenvalue weighted by Gasteiger charge is -2.32. The first-order valence-electron chi connectivity index (χ1n) is 8.09. The number of hydrogen-bond donors (Lipinski definition) is 0. The highest BCUT2D eigenvalue weighted by molar-refractivity contribution is 6.54. The first kappa shape index (κ1) is 19.1. The van der Waals surface area contributed by atoms with Crippen LogP contribution in [-0.4, -0.2) is 18.3 Å². The van der Waals surface area contributed by atoms with E-state index in [4.69, 9.17) is 9.31 Å². The average Bonchev–Trinajstić information content (AvgIpc) is 2.67. The maximum Gasteiger partial charge on any atom is 0.525 e. The SMILES string of the molecule is CC(C)c1cc(C=C(F)B2OC(C)(C)C(C)(C)O2)cc(C(F)F)c1. The van der Waals surface area contributed by atoms with E-state index in [0.29, 0.717) is 5.56 Å². The van der Waals surface area contributed by atoms with Crippen LogP contribution in [0.15, 0.2) is 23.9 Å². The number of rotatable bonds is 4. The highest BCUT2D eigenvalue weighted by atomic mass is 19.3. The molecular formula is C18H24BF3O2. The Balaban J connectivity index is 2.34. The van der Waals surface area contributed by atoms with Crippen LogP contribution in [-0.2, 0) is 9.31 Å². The molecule has 2 nitrogen and oxygen atoms in total. The van der Waals surface area contributed by atoms with Crippen LogP contribution in [0.3, 0.4) is 0 Å². The Morgan fingerprint density at radius 3 is 1.96 bits per heavy atom. The highest BCUT2D eigenvalue weighted by Crippen LogP contribution is 2.39. The zero-order valence-electron chi connectivity index (χ0n) is 15.0. The van der Waals surface area contributed by atoms with Crippen LogP contribution in [0.25, 0.3) is 6.08 Å². The van der Waals surface area contributed by atoms with E-state index >= 15 is 0 Å². The molecule has 6 heteroatoms. The number of hydrogen-bond acceptors (Lipinski definition) is 2. The van der Waals surface area contributed by atoms with Crippen LogP contribution in [0.1, 0.15) is 70.6 Å². The van der Waals surface area contributed by atoms with Gasteiger partial charge in [-0.1, -0.05) is 19.9 Å². The van der Waals surface area contributed by atoms with Gasteiger partial charge in [0.05, 0.1) is 11.2 Å². The minimum absolute atomic E-state index is 0.0655. The van der Waals surface area contributed by atoms with Crippen molar-refractivity contribution in [2.75, 3.05) is 0 Å². The molecule has 0 bridgehead atoms. The molecule has 0 aromatic heterocycles. The average molecular weight is 340 g/mol. The Morgan fingerprint density at radius 1 is 1.00 bits per heavy atom. The van der Waals surface area contributed by atoms with Crippen molar-refractivity contribution in [3.63, 3.8) is 0 Å². The molecule has 1 aliphatic heterocycles. The van der Waals surface area contributed by atoms with Crippen molar-refractivity contribution < 1.29 is 22.5 Å². The molecule has 24 heavy (non-hydrogen) atoms. The topological polar surface area (TPSA) is 18.5 Å². The summed E-state index contributed by atoms with van der Waals surface area (Å²) in [4.78, 5) is 0. The molecule has 0 saturated carbocycles. The molecule has 1 heterocycles. The molecule has 0 N–H and O–H groups in total. The summed E-state index contributed by atoms with van der Waals surface area (Å²) in [5.74, 6) is 0.0655. The Kier molecular flexibility index (Phi) is 5.21. The van der Waals surface area contributed by atoms with Gasteiger partial charge < -0.3 is 9.31 Å². The maximum absolute atomic E-state index is 14.6. The van der Waals surface area contributed by atoms with Crippen LogP contribution in [0.4, 0.5) is 13.2 Å². The Bertz CT molecular complexity index is 597. The standard InChI is InChI=1S/C18H24BF3O2/c1-11(2)13-7-12(8-14(10-13)16(21)22)9-15(20)19-23-17(3,4)18(5,6)24-19/h7-11,16H,1-6H3. The predicted molar refractivity (Wildman–Crippen MR) is 90.7 cm³/mol.